The predicted octanol–water partition coefficient (Wildman–Crippen LogP) is 2.05. The first-order chi connectivity index (χ1) is 13.9. The second kappa shape index (κ2) is 8.91. The van der Waals surface area contributed by atoms with E-state index in [-0.39, 0.29) is 34.8 Å². The van der Waals surface area contributed by atoms with E-state index in [9.17, 15) is 13.2 Å². The molecule has 0 bridgehead atoms. The number of aryl methyl sites for hydroxylation is 1. The number of aromatic nitrogens is 2. The molecular formula is C19H21N3O6S. The zero-order chi connectivity index (χ0) is 20.9. The molecule has 10 heteroatoms. The zero-order valence-corrected chi connectivity index (χ0v) is 16.8. The Labute approximate surface area is 168 Å². The Morgan fingerprint density at radius 2 is 2.00 bits per heavy atom. The third kappa shape index (κ3) is 5.44. The number of nitrogens with zero attached hydrogens (tertiary/aromatic N) is 2. The standard InChI is InChI=1S/C19H21N3O6S/c1-13(12-15-4-3-10-27-15)20-18(23)19-21-17(22-28-19)9-11-29(24,25)16-7-5-14(26-2)6-8-16/h3-8,10,13H,9,11-12H2,1-2H3,(H,20,23)/t13-/m1/s1. The maximum Gasteiger partial charge on any atom is 0.315 e. The highest BCUT2D eigenvalue weighted by atomic mass is 32.2. The largest absolute Gasteiger partial charge is 0.497 e. The van der Waals surface area contributed by atoms with E-state index in [1.165, 1.54) is 19.2 Å². The van der Waals surface area contributed by atoms with Gasteiger partial charge in [0.15, 0.2) is 15.7 Å². The minimum atomic E-state index is -3.53. The molecule has 2 aromatic heterocycles. The number of hydrogen-bond acceptors (Lipinski definition) is 8. The average Bonchev–Trinajstić information content (AvgIpc) is 3.38. The van der Waals surface area contributed by atoms with Gasteiger partial charge in [0, 0.05) is 18.9 Å². The van der Waals surface area contributed by atoms with Crippen molar-refractivity contribution >= 4 is 15.7 Å². The van der Waals surface area contributed by atoms with Gasteiger partial charge >= 0.3 is 11.8 Å². The van der Waals surface area contributed by atoms with Gasteiger partial charge < -0.3 is 19.0 Å². The molecule has 0 fully saturated rings. The van der Waals surface area contributed by atoms with Gasteiger partial charge in [0.05, 0.1) is 24.0 Å². The molecule has 0 aliphatic carbocycles. The highest BCUT2D eigenvalue weighted by Gasteiger charge is 2.20. The van der Waals surface area contributed by atoms with Gasteiger partial charge in [0.25, 0.3) is 0 Å². The highest BCUT2D eigenvalue weighted by Crippen LogP contribution is 2.17. The van der Waals surface area contributed by atoms with Gasteiger partial charge in [-0.3, -0.25) is 4.79 Å². The van der Waals surface area contributed by atoms with Crippen molar-refractivity contribution in [3.05, 3.63) is 60.1 Å². The first kappa shape index (κ1) is 20.6. The molecule has 0 aliphatic rings. The van der Waals surface area contributed by atoms with E-state index >= 15 is 0 Å². The van der Waals surface area contributed by atoms with Gasteiger partial charge in [0.2, 0.25) is 0 Å². The number of amides is 1. The maximum absolute atomic E-state index is 12.4. The first-order valence-corrected chi connectivity index (χ1v) is 10.6. The number of sulfone groups is 1. The topological polar surface area (TPSA) is 125 Å². The Morgan fingerprint density at radius 1 is 1.24 bits per heavy atom. The van der Waals surface area contributed by atoms with Gasteiger partial charge in [-0.05, 0) is 43.3 Å². The summed E-state index contributed by atoms with van der Waals surface area (Å²) >= 11 is 0. The molecule has 2 heterocycles. The number of methoxy groups -OCH3 is 1. The van der Waals surface area contributed by atoms with Crippen LogP contribution in [-0.2, 0) is 22.7 Å². The van der Waals surface area contributed by atoms with Crippen molar-refractivity contribution in [3.8, 4) is 5.75 Å². The third-order valence-corrected chi connectivity index (χ3v) is 5.87. The van der Waals surface area contributed by atoms with E-state index in [1.54, 1.807) is 24.5 Å². The Hall–Kier alpha value is -3.14. The molecule has 0 saturated carbocycles. The molecule has 1 amide bonds. The number of hydrogen-bond donors (Lipinski definition) is 1. The second-order valence-electron chi connectivity index (χ2n) is 6.42. The summed E-state index contributed by atoms with van der Waals surface area (Å²) < 4.78 is 40.1. The van der Waals surface area contributed by atoms with Crippen molar-refractivity contribution in [2.45, 2.75) is 30.7 Å². The van der Waals surface area contributed by atoms with E-state index in [0.717, 1.165) is 5.76 Å². The lowest BCUT2D eigenvalue weighted by molar-refractivity contribution is 0.0895. The normalized spacial score (nSPS) is 12.5. The van der Waals surface area contributed by atoms with Crippen LogP contribution in [0.2, 0.25) is 0 Å². The molecule has 0 radical (unpaired) electrons. The SMILES string of the molecule is COc1ccc(S(=O)(=O)CCc2noc(C(=O)N[C@H](C)Cc3ccco3)n2)cc1. The lowest BCUT2D eigenvalue weighted by Gasteiger charge is -2.10. The number of nitrogens with one attached hydrogen (secondary N) is 1. The molecule has 0 spiro atoms. The lowest BCUT2D eigenvalue weighted by atomic mass is 10.2. The van der Waals surface area contributed by atoms with Gasteiger partial charge in [-0.1, -0.05) is 5.16 Å². The molecule has 9 nitrogen and oxygen atoms in total. The van der Waals surface area contributed by atoms with E-state index in [1.807, 2.05) is 13.0 Å². The summed E-state index contributed by atoms with van der Waals surface area (Å²) in [4.78, 5) is 16.4. The minimum Gasteiger partial charge on any atom is -0.497 e. The fraction of sp³-hybridized carbons (Fsp3) is 0.316. The van der Waals surface area contributed by atoms with Gasteiger partial charge in [-0.25, -0.2) is 8.42 Å². The first-order valence-electron chi connectivity index (χ1n) is 8.90. The molecule has 1 aromatic carbocycles. The van der Waals surface area contributed by atoms with Crippen LogP contribution in [0.25, 0.3) is 0 Å². The summed E-state index contributed by atoms with van der Waals surface area (Å²) in [6.07, 6.45) is 2.10. The number of ether oxygens (including phenoxy) is 1. The fourth-order valence-electron chi connectivity index (χ4n) is 2.64. The Bertz CT molecular complexity index is 1040. The number of carbonyl (C=O) groups is 1. The van der Waals surface area contributed by atoms with E-state index in [4.69, 9.17) is 13.7 Å². The molecule has 1 N–H and O–H groups in total. The number of rotatable bonds is 9. The molecule has 3 rings (SSSR count). The van der Waals surface area contributed by atoms with Crippen LogP contribution in [0.15, 0.2) is 56.5 Å². The molecular weight excluding hydrogens is 398 g/mol. The van der Waals surface area contributed by atoms with Crippen LogP contribution >= 0.6 is 0 Å². The summed E-state index contributed by atoms with van der Waals surface area (Å²) in [5, 5.41) is 6.43. The van der Waals surface area contributed by atoms with Gasteiger partial charge in [0.1, 0.15) is 11.5 Å². The molecule has 0 unspecified atom stereocenters. The van der Waals surface area contributed by atoms with Crippen LogP contribution in [0.5, 0.6) is 5.75 Å². The van der Waals surface area contributed by atoms with Crippen molar-refractivity contribution in [1.82, 2.24) is 15.5 Å². The van der Waals surface area contributed by atoms with E-state index in [2.05, 4.69) is 15.5 Å². The summed E-state index contributed by atoms with van der Waals surface area (Å²) in [6.45, 7) is 1.82. The number of benzene rings is 1. The number of furan rings is 1. The summed E-state index contributed by atoms with van der Waals surface area (Å²) in [5.41, 5.74) is 0. The van der Waals surface area contributed by atoms with Crippen LogP contribution in [-0.4, -0.2) is 43.4 Å². The van der Waals surface area contributed by atoms with Crippen molar-refractivity contribution in [3.63, 3.8) is 0 Å². The molecule has 1 atom stereocenters. The summed E-state index contributed by atoms with van der Waals surface area (Å²) in [6, 6.07) is 9.48. The molecule has 0 aliphatic heterocycles. The van der Waals surface area contributed by atoms with Crippen LogP contribution in [0, 0.1) is 0 Å². The smallest absolute Gasteiger partial charge is 0.315 e. The third-order valence-electron chi connectivity index (χ3n) is 4.14. The number of carbonyl (C=O) groups excluding carboxylic acids is 1. The van der Waals surface area contributed by atoms with Crippen LogP contribution in [0.3, 0.4) is 0 Å². The van der Waals surface area contributed by atoms with Gasteiger partial charge in [-0.15, -0.1) is 0 Å². The Kier molecular flexibility index (Phi) is 6.32. The lowest BCUT2D eigenvalue weighted by Crippen LogP contribution is -2.34. The summed E-state index contributed by atoms with van der Waals surface area (Å²) in [7, 11) is -2.03. The van der Waals surface area contributed by atoms with Crippen molar-refractivity contribution in [2.24, 2.45) is 0 Å². The molecule has 29 heavy (non-hydrogen) atoms. The van der Waals surface area contributed by atoms with Crippen LogP contribution in [0.1, 0.15) is 29.2 Å². The Morgan fingerprint density at radius 3 is 2.66 bits per heavy atom. The second-order valence-corrected chi connectivity index (χ2v) is 8.53. The summed E-state index contributed by atoms with van der Waals surface area (Å²) in [5.74, 6) is 0.501. The molecule has 3 aromatic rings. The maximum atomic E-state index is 12.4. The fourth-order valence-corrected chi connectivity index (χ4v) is 3.88. The predicted molar refractivity (Wildman–Crippen MR) is 102 cm³/mol. The quantitative estimate of drug-likeness (QED) is 0.559. The minimum absolute atomic E-state index is 0.0209. The molecule has 154 valence electrons. The van der Waals surface area contributed by atoms with Crippen molar-refractivity contribution in [2.75, 3.05) is 12.9 Å². The zero-order valence-electron chi connectivity index (χ0n) is 16.0. The van der Waals surface area contributed by atoms with Crippen molar-refractivity contribution < 1.29 is 26.9 Å². The van der Waals surface area contributed by atoms with Crippen LogP contribution < -0.4 is 10.1 Å². The highest BCUT2D eigenvalue weighted by molar-refractivity contribution is 7.91. The van der Waals surface area contributed by atoms with Gasteiger partial charge in [-0.2, -0.15) is 4.98 Å². The Balaban J connectivity index is 1.55. The monoisotopic (exact) mass is 419 g/mol. The van der Waals surface area contributed by atoms with E-state index in [0.29, 0.717) is 12.2 Å². The van der Waals surface area contributed by atoms with E-state index < -0.39 is 15.7 Å². The average molecular weight is 419 g/mol. The van der Waals surface area contributed by atoms with Crippen molar-refractivity contribution in [1.29, 1.82) is 0 Å². The van der Waals surface area contributed by atoms with Crippen LogP contribution in [0.4, 0.5) is 0 Å². The molecule has 0 saturated heterocycles.